The first-order valence-electron chi connectivity index (χ1n) is 7.61. The second-order valence-corrected chi connectivity index (χ2v) is 6.66. The Bertz CT molecular complexity index is 809. The molecule has 1 aliphatic heterocycles. The van der Waals surface area contributed by atoms with Gasteiger partial charge in [0, 0.05) is 0 Å². The van der Waals surface area contributed by atoms with E-state index in [1.807, 2.05) is 30.3 Å². The molecule has 2 aromatic rings. The van der Waals surface area contributed by atoms with Crippen molar-refractivity contribution in [2.75, 3.05) is 0 Å². The van der Waals surface area contributed by atoms with Crippen molar-refractivity contribution < 1.29 is 19.1 Å². The summed E-state index contributed by atoms with van der Waals surface area (Å²) in [4.78, 5) is 29.6. The van der Waals surface area contributed by atoms with E-state index in [0.29, 0.717) is 17.4 Å². The fraction of sp³-hybridized carbons (Fsp3) is 0.167. The molecule has 1 aliphatic rings. The molecule has 1 saturated heterocycles. The number of hydrogen-bond donors (Lipinski definition) is 1. The van der Waals surface area contributed by atoms with Crippen molar-refractivity contribution in [1.82, 2.24) is 4.90 Å². The van der Waals surface area contributed by atoms with Gasteiger partial charge < -0.3 is 5.11 Å². The molecule has 5 nitrogen and oxygen atoms in total. The van der Waals surface area contributed by atoms with E-state index < -0.39 is 11.2 Å². The molecule has 0 spiro atoms. The first kappa shape index (κ1) is 17.2. The molecule has 0 bridgehead atoms. The number of hydrogen-bond acceptors (Lipinski definition) is 4. The van der Waals surface area contributed by atoms with Gasteiger partial charge in [-0.15, -0.1) is 0 Å². The molecule has 1 amide bonds. The van der Waals surface area contributed by atoms with Gasteiger partial charge >= 0.3 is 5.97 Å². The standard InChI is InChI=1S/C18H15FN2O3S/c19-13-6-8-14(9-7-13)20-18-21(11-12-4-2-1-3-5-12)16(22)10-15(25-18)17(23)24/h1-9,15H,10-11H2,(H,23,24)/t15-/m0/s1. The fourth-order valence-corrected chi connectivity index (χ4v) is 3.41. The largest absolute Gasteiger partial charge is 0.480 e. The number of carboxylic acids is 1. The maximum atomic E-state index is 13.1. The number of thioether (sulfide) groups is 1. The Labute approximate surface area is 148 Å². The molecule has 0 aromatic heterocycles. The van der Waals surface area contributed by atoms with Crippen LogP contribution in [-0.2, 0) is 16.1 Å². The van der Waals surface area contributed by atoms with Crippen LogP contribution in [0.5, 0.6) is 0 Å². The van der Waals surface area contributed by atoms with Gasteiger partial charge in [-0.1, -0.05) is 42.1 Å². The number of rotatable bonds is 4. The summed E-state index contributed by atoms with van der Waals surface area (Å²) in [6, 6.07) is 14.9. The molecule has 128 valence electrons. The van der Waals surface area contributed by atoms with Crippen LogP contribution in [0.2, 0.25) is 0 Å². The van der Waals surface area contributed by atoms with E-state index in [0.717, 1.165) is 17.3 Å². The Balaban J connectivity index is 1.93. The van der Waals surface area contributed by atoms with E-state index in [4.69, 9.17) is 0 Å². The van der Waals surface area contributed by atoms with Crippen molar-refractivity contribution in [1.29, 1.82) is 0 Å². The minimum absolute atomic E-state index is 0.0880. The topological polar surface area (TPSA) is 70.0 Å². The van der Waals surface area contributed by atoms with Crippen LogP contribution in [0.15, 0.2) is 59.6 Å². The van der Waals surface area contributed by atoms with Crippen molar-refractivity contribution in [2.45, 2.75) is 18.2 Å². The molecule has 1 N–H and O–H groups in total. The van der Waals surface area contributed by atoms with Crippen molar-refractivity contribution in [3.8, 4) is 0 Å². The van der Waals surface area contributed by atoms with Crippen LogP contribution >= 0.6 is 11.8 Å². The van der Waals surface area contributed by atoms with E-state index >= 15 is 0 Å². The highest BCUT2D eigenvalue weighted by Crippen LogP contribution is 2.30. The molecule has 0 aliphatic carbocycles. The lowest BCUT2D eigenvalue weighted by molar-refractivity contribution is -0.139. The van der Waals surface area contributed by atoms with E-state index in [1.165, 1.54) is 29.2 Å². The predicted molar refractivity (Wildman–Crippen MR) is 94.1 cm³/mol. The maximum Gasteiger partial charge on any atom is 0.317 e. The molecule has 3 rings (SSSR count). The van der Waals surface area contributed by atoms with Crippen LogP contribution in [0.1, 0.15) is 12.0 Å². The van der Waals surface area contributed by atoms with Crippen LogP contribution in [0, 0.1) is 5.82 Å². The molecular weight excluding hydrogens is 343 g/mol. The average Bonchev–Trinajstić information content (AvgIpc) is 2.60. The summed E-state index contributed by atoms with van der Waals surface area (Å²) in [5, 5.41) is 8.68. The molecular formula is C18H15FN2O3S. The predicted octanol–water partition coefficient (Wildman–Crippen LogP) is 3.43. The Morgan fingerprint density at radius 3 is 2.52 bits per heavy atom. The Morgan fingerprint density at radius 2 is 1.88 bits per heavy atom. The first-order chi connectivity index (χ1) is 12.0. The highest BCUT2D eigenvalue weighted by Gasteiger charge is 2.35. The maximum absolute atomic E-state index is 13.1. The van der Waals surface area contributed by atoms with E-state index in [1.54, 1.807) is 0 Å². The van der Waals surface area contributed by atoms with Gasteiger partial charge in [0.25, 0.3) is 0 Å². The Hall–Kier alpha value is -2.67. The average molecular weight is 358 g/mol. The number of halogens is 1. The highest BCUT2D eigenvalue weighted by molar-refractivity contribution is 8.15. The molecule has 1 heterocycles. The zero-order chi connectivity index (χ0) is 17.8. The summed E-state index contributed by atoms with van der Waals surface area (Å²) in [5.74, 6) is -1.73. The van der Waals surface area contributed by atoms with Crippen LogP contribution in [-0.4, -0.2) is 32.3 Å². The lowest BCUT2D eigenvalue weighted by Crippen LogP contribution is -2.43. The molecule has 0 radical (unpaired) electrons. The Morgan fingerprint density at radius 1 is 1.20 bits per heavy atom. The minimum Gasteiger partial charge on any atom is -0.480 e. The van der Waals surface area contributed by atoms with Gasteiger partial charge in [-0.05, 0) is 29.8 Å². The molecule has 7 heteroatoms. The number of amidine groups is 1. The number of aliphatic imine (C=N–C) groups is 1. The summed E-state index contributed by atoms with van der Waals surface area (Å²) in [6.45, 7) is 0.305. The van der Waals surface area contributed by atoms with E-state index in [-0.39, 0.29) is 18.1 Å². The number of benzene rings is 2. The van der Waals surface area contributed by atoms with Crippen LogP contribution in [0.4, 0.5) is 10.1 Å². The second-order valence-electron chi connectivity index (χ2n) is 5.49. The van der Waals surface area contributed by atoms with Crippen LogP contribution in [0.25, 0.3) is 0 Å². The van der Waals surface area contributed by atoms with Gasteiger partial charge in [-0.25, -0.2) is 9.38 Å². The molecule has 1 fully saturated rings. The lowest BCUT2D eigenvalue weighted by Gasteiger charge is -2.30. The summed E-state index contributed by atoms with van der Waals surface area (Å²) in [5.41, 5.74) is 1.37. The first-order valence-corrected chi connectivity index (χ1v) is 8.49. The SMILES string of the molecule is O=C(O)[C@@H]1CC(=O)N(Cc2ccccc2)C(=Nc2ccc(F)cc2)S1. The Kier molecular flexibility index (Phi) is 5.14. The number of amides is 1. The van der Waals surface area contributed by atoms with Crippen LogP contribution < -0.4 is 0 Å². The van der Waals surface area contributed by atoms with Gasteiger partial charge in [0.15, 0.2) is 5.17 Å². The summed E-state index contributed by atoms with van der Waals surface area (Å²) in [7, 11) is 0. The zero-order valence-corrected chi connectivity index (χ0v) is 13.9. The van der Waals surface area contributed by atoms with Crippen molar-refractivity contribution >= 4 is 34.5 Å². The number of aliphatic carboxylic acids is 1. The third kappa shape index (κ3) is 4.24. The van der Waals surface area contributed by atoms with Gasteiger partial charge in [0.2, 0.25) is 5.91 Å². The summed E-state index contributed by atoms with van der Waals surface area (Å²) in [6.07, 6.45) is -0.0880. The smallest absolute Gasteiger partial charge is 0.317 e. The molecule has 2 aromatic carbocycles. The van der Waals surface area contributed by atoms with Crippen molar-refractivity contribution in [3.63, 3.8) is 0 Å². The zero-order valence-electron chi connectivity index (χ0n) is 13.1. The van der Waals surface area contributed by atoms with Gasteiger partial charge in [-0.3, -0.25) is 14.5 Å². The normalized spacial score (nSPS) is 19.2. The van der Waals surface area contributed by atoms with Gasteiger partial charge in [0.05, 0.1) is 18.7 Å². The van der Waals surface area contributed by atoms with Crippen molar-refractivity contribution in [2.24, 2.45) is 4.99 Å². The summed E-state index contributed by atoms with van der Waals surface area (Å²) < 4.78 is 13.1. The third-order valence-corrected chi connectivity index (χ3v) is 4.83. The number of carboxylic acid groups (broad SMARTS) is 1. The minimum atomic E-state index is -1.05. The quantitative estimate of drug-likeness (QED) is 0.909. The van der Waals surface area contributed by atoms with Crippen molar-refractivity contribution in [3.05, 3.63) is 66.0 Å². The van der Waals surface area contributed by atoms with Crippen LogP contribution in [0.3, 0.4) is 0 Å². The molecule has 0 saturated carbocycles. The highest BCUT2D eigenvalue weighted by atomic mass is 32.2. The molecule has 0 unspecified atom stereocenters. The van der Waals surface area contributed by atoms with E-state index in [9.17, 15) is 19.1 Å². The molecule has 1 atom stereocenters. The number of nitrogens with zero attached hydrogens (tertiary/aromatic N) is 2. The second kappa shape index (κ2) is 7.48. The molecule has 25 heavy (non-hydrogen) atoms. The number of carbonyl (C=O) groups excluding carboxylic acids is 1. The third-order valence-electron chi connectivity index (χ3n) is 3.65. The van der Waals surface area contributed by atoms with Gasteiger partial charge in [-0.2, -0.15) is 0 Å². The van der Waals surface area contributed by atoms with E-state index in [2.05, 4.69) is 4.99 Å². The summed E-state index contributed by atoms with van der Waals surface area (Å²) >= 11 is 1.03. The fourth-order valence-electron chi connectivity index (χ4n) is 2.38. The lowest BCUT2D eigenvalue weighted by atomic mass is 10.2. The van der Waals surface area contributed by atoms with Gasteiger partial charge in [0.1, 0.15) is 11.1 Å². The number of carbonyl (C=O) groups is 2. The monoisotopic (exact) mass is 358 g/mol.